The van der Waals surface area contributed by atoms with Crippen molar-refractivity contribution in [3.63, 3.8) is 0 Å². The Morgan fingerprint density at radius 2 is 1.92 bits per heavy atom. The maximum Gasteiger partial charge on any atom is 0.0530 e. The summed E-state index contributed by atoms with van der Waals surface area (Å²) in [5.74, 6) is 0.911. The third-order valence-electron chi connectivity index (χ3n) is 3.41. The summed E-state index contributed by atoms with van der Waals surface area (Å²) in [6, 6.07) is 0. The summed E-state index contributed by atoms with van der Waals surface area (Å²) in [6.07, 6.45) is 8.34. The average molecular weight is 247 g/mol. The summed E-state index contributed by atoms with van der Waals surface area (Å²) in [6.45, 7) is 2.02. The van der Waals surface area contributed by atoms with Gasteiger partial charge in [0.1, 0.15) is 0 Å². The Bertz CT molecular complexity index is 159. The normalized spacial score (nSPS) is 26.5. The minimum absolute atomic E-state index is 0.495. The predicted octanol–water partition coefficient (Wildman–Crippen LogP) is 3.37. The van der Waals surface area contributed by atoms with Gasteiger partial charge in [0.05, 0.1) is 6.61 Å². The highest BCUT2D eigenvalue weighted by Gasteiger charge is 2.33. The second-order valence-corrected chi connectivity index (χ2v) is 5.36. The molecule has 76 valence electrons. The summed E-state index contributed by atoms with van der Waals surface area (Å²) in [5, 5.41) is 1.13. The fourth-order valence-corrected chi connectivity index (χ4v) is 2.89. The summed E-state index contributed by atoms with van der Waals surface area (Å²) < 4.78 is 5.81. The van der Waals surface area contributed by atoms with E-state index in [9.17, 15) is 0 Å². The number of alkyl halides is 1. The molecule has 0 aromatic heterocycles. The molecule has 0 unspecified atom stereocenters. The highest BCUT2D eigenvalue weighted by molar-refractivity contribution is 9.09. The molecule has 0 radical (unpaired) electrons. The lowest BCUT2D eigenvalue weighted by Crippen LogP contribution is -2.25. The van der Waals surface area contributed by atoms with Gasteiger partial charge in [-0.3, -0.25) is 0 Å². The fourth-order valence-electron chi connectivity index (χ4n) is 2.17. The Labute approximate surface area is 89.4 Å². The average Bonchev–Trinajstić information content (AvgIpc) is 2.84. The zero-order chi connectivity index (χ0) is 9.15. The number of hydrogen-bond acceptors (Lipinski definition) is 1. The zero-order valence-corrected chi connectivity index (χ0v) is 9.81. The minimum Gasteiger partial charge on any atom is -0.381 e. The summed E-state index contributed by atoms with van der Waals surface area (Å²) in [4.78, 5) is 0. The van der Waals surface area contributed by atoms with Crippen LogP contribution in [0.4, 0.5) is 0 Å². The van der Waals surface area contributed by atoms with Gasteiger partial charge in [0.25, 0.3) is 0 Å². The topological polar surface area (TPSA) is 9.23 Å². The highest BCUT2D eigenvalue weighted by Crippen LogP contribution is 2.40. The molecule has 1 nitrogen and oxygen atoms in total. The van der Waals surface area contributed by atoms with Crippen molar-refractivity contribution in [2.75, 3.05) is 18.5 Å². The van der Waals surface area contributed by atoms with Crippen LogP contribution in [0.15, 0.2) is 0 Å². The maximum absolute atomic E-state index is 5.81. The van der Waals surface area contributed by atoms with Crippen LogP contribution < -0.4 is 0 Å². The lowest BCUT2D eigenvalue weighted by Gasteiger charge is -2.26. The Balaban J connectivity index is 1.69. The van der Waals surface area contributed by atoms with Gasteiger partial charge in [0.15, 0.2) is 0 Å². The van der Waals surface area contributed by atoms with Gasteiger partial charge in [-0.1, -0.05) is 28.8 Å². The first-order valence-electron chi connectivity index (χ1n) is 5.48. The Morgan fingerprint density at radius 3 is 2.46 bits per heavy atom. The molecule has 0 saturated heterocycles. The van der Waals surface area contributed by atoms with E-state index in [1.165, 1.54) is 38.5 Å². The molecule has 2 aliphatic carbocycles. The predicted molar refractivity (Wildman–Crippen MR) is 58.2 cm³/mol. The monoisotopic (exact) mass is 246 g/mol. The van der Waals surface area contributed by atoms with Crippen LogP contribution in [-0.2, 0) is 4.74 Å². The molecule has 0 aliphatic heterocycles. The smallest absolute Gasteiger partial charge is 0.0530 e. The molecule has 2 saturated carbocycles. The molecule has 2 heteroatoms. The first-order chi connectivity index (χ1) is 6.35. The summed E-state index contributed by atoms with van der Waals surface area (Å²) in [7, 11) is 0. The van der Waals surface area contributed by atoms with Crippen LogP contribution >= 0.6 is 15.9 Å². The molecule has 0 atom stereocenters. The van der Waals surface area contributed by atoms with Crippen molar-refractivity contribution in [3.05, 3.63) is 0 Å². The van der Waals surface area contributed by atoms with Crippen molar-refractivity contribution in [1.82, 2.24) is 0 Å². The number of rotatable bonds is 5. The molecule has 0 N–H and O–H groups in total. The van der Waals surface area contributed by atoms with E-state index in [0.717, 1.165) is 24.5 Å². The maximum atomic E-state index is 5.81. The second-order valence-electron chi connectivity index (χ2n) is 4.80. The van der Waals surface area contributed by atoms with Crippen LogP contribution in [0.2, 0.25) is 0 Å². The number of hydrogen-bond donors (Lipinski definition) is 0. The zero-order valence-electron chi connectivity index (χ0n) is 8.23. The quantitative estimate of drug-likeness (QED) is 0.677. The van der Waals surface area contributed by atoms with E-state index in [-0.39, 0.29) is 0 Å². The van der Waals surface area contributed by atoms with Crippen molar-refractivity contribution in [2.24, 2.45) is 11.3 Å². The van der Waals surface area contributed by atoms with Gasteiger partial charge in [0, 0.05) is 17.4 Å². The molecule has 0 aromatic carbocycles. The molecule has 13 heavy (non-hydrogen) atoms. The molecule has 2 rings (SSSR count). The first kappa shape index (κ1) is 9.97. The van der Waals surface area contributed by atoms with E-state index in [4.69, 9.17) is 4.74 Å². The molecule has 0 heterocycles. The van der Waals surface area contributed by atoms with Crippen LogP contribution in [-0.4, -0.2) is 18.5 Å². The standard InChI is InChI=1S/C11H19BrO/c12-8-11(5-1-2-6-11)9-13-7-10-3-4-10/h10H,1-9H2. The fraction of sp³-hybridized carbons (Fsp3) is 1.00. The third-order valence-corrected chi connectivity index (χ3v) is 4.60. The minimum atomic E-state index is 0.495. The van der Waals surface area contributed by atoms with Crippen LogP contribution in [0.5, 0.6) is 0 Å². The SMILES string of the molecule is BrCC1(COCC2CC2)CCCC1. The Morgan fingerprint density at radius 1 is 1.23 bits per heavy atom. The second kappa shape index (κ2) is 4.31. The Kier molecular flexibility index (Phi) is 3.31. The van der Waals surface area contributed by atoms with Gasteiger partial charge < -0.3 is 4.74 Å². The third kappa shape index (κ3) is 2.69. The first-order valence-corrected chi connectivity index (χ1v) is 6.61. The van der Waals surface area contributed by atoms with Crippen molar-refractivity contribution >= 4 is 15.9 Å². The number of halogens is 1. The van der Waals surface area contributed by atoms with E-state index < -0.39 is 0 Å². The van der Waals surface area contributed by atoms with Gasteiger partial charge in [0.2, 0.25) is 0 Å². The number of ether oxygens (including phenoxy) is 1. The molecule has 0 spiro atoms. The van der Waals surface area contributed by atoms with E-state index in [2.05, 4.69) is 15.9 Å². The van der Waals surface area contributed by atoms with Crippen molar-refractivity contribution < 1.29 is 4.74 Å². The van der Waals surface area contributed by atoms with Gasteiger partial charge in [-0.15, -0.1) is 0 Å². The molecule has 0 bridgehead atoms. The summed E-state index contributed by atoms with van der Waals surface area (Å²) in [5.41, 5.74) is 0.495. The molecule has 2 aliphatic rings. The molecular weight excluding hydrogens is 228 g/mol. The molecule has 2 fully saturated rings. The van der Waals surface area contributed by atoms with Crippen LogP contribution in [0.3, 0.4) is 0 Å². The van der Waals surface area contributed by atoms with Crippen LogP contribution in [0.25, 0.3) is 0 Å². The van der Waals surface area contributed by atoms with Gasteiger partial charge in [-0.2, -0.15) is 0 Å². The van der Waals surface area contributed by atoms with Crippen molar-refractivity contribution in [1.29, 1.82) is 0 Å². The Hall–Kier alpha value is 0.440. The largest absolute Gasteiger partial charge is 0.381 e. The highest BCUT2D eigenvalue weighted by atomic mass is 79.9. The van der Waals surface area contributed by atoms with E-state index >= 15 is 0 Å². The van der Waals surface area contributed by atoms with Gasteiger partial charge in [-0.25, -0.2) is 0 Å². The van der Waals surface area contributed by atoms with Gasteiger partial charge >= 0.3 is 0 Å². The molecule has 0 aromatic rings. The van der Waals surface area contributed by atoms with Gasteiger partial charge in [-0.05, 0) is 31.6 Å². The van der Waals surface area contributed by atoms with Crippen molar-refractivity contribution in [2.45, 2.75) is 38.5 Å². The van der Waals surface area contributed by atoms with Crippen LogP contribution in [0, 0.1) is 11.3 Å². The van der Waals surface area contributed by atoms with Crippen molar-refractivity contribution in [3.8, 4) is 0 Å². The van der Waals surface area contributed by atoms with E-state index in [0.29, 0.717) is 5.41 Å². The lowest BCUT2D eigenvalue weighted by molar-refractivity contribution is 0.0532. The van der Waals surface area contributed by atoms with Crippen LogP contribution in [0.1, 0.15) is 38.5 Å². The van der Waals surface area contributed by atoms with E-state index in [1.807, 2.05) is 0 Å². The summed E-state index contributed by atoms with van der Waals surface area (Å²) >= 11 is 3.64. The lowest BCUT2D eigenvalue weighted by atomic mass is 9.90. The van der Waals surface area contributed by atoms with E-state index in [1.54, 1.807) is 0 Å². The molecular formula is C11H19BrO. The molecule has 0 amide bonds.